The Morgan fingerprint density at radius 2 is 1.70 bits per heavy atom. The van der Waals surface area contributed by atoms with Crippen LogP contribution in [0, 0.1) is 0 Å². The molecule has 3 aromatic rings. The van der Waals surface area contributed by atoms with Gasteiger partial charge in [-0.25, -0.2) is 0 Å². The van der Waals surface area contributed by atoms with Crippen LogP contribution in [0.25, 0.3) is 0 Å². The maximum atomic E-state index is 12.7. The van der Waals surface area contributed by atoms with Gasteiger partial charge in [-0.2, -0.15) is 0 Å². The van der Waals surface area contributed by atoms with Crippen LogP contribution in [0.5, 0.6) is 5.75 Å². The molecule has 5 rings (SSSR count). The van der Waals surface area contributed by atoms with Crippen LogP contribution in [-0.2, 0) is 6.42 Å². The summed E-state index contributed by atoms with van der Waals surface area (Å²) in [6.07, 6.45) is 6.81. The van der Waals surface area contributed by atoms with Gasteiger partial charge in [0.05, 0.1) is 11.6 Å². The number of nitrogens with zero attached hydrogens (tertiary/aromatic N) is 2. The van der Waals surface area contributed by atoms with Crippen LogP contribution < -0.4 is 10.1 Å². The molecule has 1 fully saturated rings. The van der Waals surface area contributed by atoms with Gasteiger partial charge in [0.25, 0.3) is 11.8 Å². The molecule has 1 aromatic heterocycles. The summed E-state index contributed by atoms with van der Waals surface area (Å²) in [6.45, 7) is 1.31. The van der Waals surface area contributed by atoms with Crippen molar-refractivity contribution in [3.05, 3.63) is 95.3 Å². The summed E-state index contributed by atoms with van der Waals surface area (Å²) in [6, 6.07) is 19.3. The highest BCUT2D eigenvalue weighted by molar-refractivity contribution is 5.95. The third kappa shape index (κ3) is 4.75. The first-order chi connectivity index (χ1) is 16.2. The molecule has 2 aliphatic rings. The van der Waals surface area contributed by atoms with Crippen molar-refractivity contribution in [2.75, 3.05) is 13.1 Å². The molecule has 168 valence electrons. The Bertz CT molecular complexity index is 1120. The monoisotopic (exact) mass is 441 g/mol. The molecule has 0 spiro atoms. The average molecular weight is 442 g/mol. The number of aromatic nitrogens is 1. The second-order valence-corrected chi connectivity index (χ2v) is 8.64. The minimum Gasteiger partial charge on any atom is -0.490 e. The largest absolute Gasteiger partial charge is 0.490 e. The smallest absolute Gasteiger partial charge is 0.255 e. The van der Waals surface area contributed by atoms with E-state index in [9.17, 15) is 9.59 Å². The van der Waals surface area contributed by atoms with Gasteiger partial charge in [-0.3, -0.25) is 14.6 Å². The van der Waals surface area contributed by atoms with Crippen LogP contribution in [0.2, 0.25) is 0 Å². The first kappa shape index (κ1) is 21.2. The van der Waals surface area contributed by atoms with E-state index < -0.39 is 0 Å². The number of carbonyl (C=O) groups is 2. The topological polar surface area (TPSA) is 71.5 Å². The number of amides is 2. The predicted molar refractivity (Wildman–Crippen MR) is 125 cm³/mol. The predicted octanol–water partition coefficient (Wildman–Crippen LogP) is 4.18. The molecule has 0 unspecified atom stereocenters. The quantitative estimate of drug-likeness (QED) is 0.645. The number of carbonyl (C=O) groups excluding carboxylic acids is 2. The minimum atomic E-state index is -0.0644. The van der Waals surface area contributed by atoms with E-state index in [1.807, 2.05) is 41.3 Å². The van der Waals surface area contributed by atoms with Crippen LogP contribution in [0.1, 0.15) is 57.1 Å². The molecule has 1 aliphatic carbocycles. The van der Waals surface area contributed by atoms with Gasteiger partial charge < -0.3 is 15.0 Å². The normalized spacial score (nSPS) is 17.9. The summed E-state index contributed by atoms with van der Waals surface area (Å²) in [7, 11) is 0. The molecule has 1 N–H and O–H groups in total. The Labute approximate surface area is 193 Å². The summed E-state index contributed by atoms with van der Waals surface area (Å²) < 4.78 is 6.12. The summed E-state index contributed by atoms with van der Waals surface area (Å²) in [4.78, 5) is 31.2. The van der Waals surface area contributed by atoms with E-state index in [1.54, 1.807) is 24.5 Å². The fourth-order valence-corrected chi connectivity index (χ4v) is 4.67. The van der Waals surface area contributed by atoms with Gasteiger partial charge in [0.15, 0.2) is 0 Å². The first-order valence-electron chi connectivity index (χ1n) is 11.5. The van der Waals surface area contributed by atoms with E-state index in [2.05, 4.69) is 22.4 Å². The van der Waals surface area contributed by atoms with Gasteiger partial charge in [-0.1, -0.05) is 24.3 Å². The number of piperidine rings is 1. The number of likely N-dealkylation sites (tertiary alicyclic amines) is 1. The van der Waals surface area contributed by atoms with Crippen molar-refractivity contribution in [1.82, 2.24) is 15.2 Å². The number of ether oxygens (including phenoxy) is 1. The molecule has 2 aromatic carbocycles. The zero-order valence-electron chi connectivity index (χ0n) is 18.4. The van der Waals surface area contributed by atoms with E-state index in [0.717, 1.165) is 31.4 Å². The molecular formula is C27H27N3O3. The van der Waals surface area contributed by atoms with E-state index in [0.29, 0.717) is 24.2 Å². The van der Waals surface area contributed by atoms with E-state index in [4.69, 9.17) is 4.74 Å². The number of hydrogen-bond acceptors (Lipinski definition) is 4. The highest BCUT2D eigenvalue weighted by Crippen LogP contribution is 2.31. The summed E-state index contributed by atoms with van der Waals surface area (Å²) in [5.74, 6) is 0.696. The van der Waals surface area contributed by atoms with Gasteiger partial charge in [0.2, 0.25) is 0 Å². The van der Waals surface area contributed by atoms with Crippen molar-refractivity contribution in [2.45, 2.75) is 37.8 Å². The molecule has 1 aliphatic heterocycles. The van der Waals surface area contributed by atoms with Crippen molar-refractivity contribution in [3.63, 3.8) is 0 Å². The average Bonchev–Trinajstić information content (AvgIpc) is 3.28. The number of hydrogen-bond donors (Lipinski definition) is 1. The number of pyridine rings is 1. The molecular weight excluding hydrogens is 414 g/mol. The molecule has 1 atom stereocenters. The van der Waals surface area contributed by atoms with Crippen LogP contribution in [0.3, 0.4) is 0 Å². The molecule has 2 amide bonds. The highest BCUT2D eigenvalue weighted by atomic mass is 16.5. The lowest BCUT2D eigenvalue weighted by Crippen LogP contribution is -2.41. The number of nitrogens with one attached hydrogen (secondary N) is 1. The van der Waals surface area contributed by atoms with Gasteiger partial charge in [-0.05, 0) is 60.4 Å². The van der Waals surface area contributed by atoms with E-state index in [1.165, 1.54) is 11.1 Å². The van der Waals surface area contributed by atoms with Crippen LogP contribution >= 0.6 is 0 Å². The maximum absolute atomic E-state index is 12.7. The van der Waals surface area contributed by atoms with Crippen molar-refractivity contribution >= 4 is 11.8 Å². The van der Waals surface area contributed by atoms with E-state index in [-0.39, 0.29) is 24.0 Å². The second-order valence-electron chi connectivity index (χ2n) is 8.64. The second kappa shape index (κ2) is 9.45. The molecule has 33 heavy (non-hydrogen) atoms. The third-order valence-electron chi connectivity index (χ3n) is 6.50. The van der Waals surface area contributed by atoms with Crippen molar-refractivity contribution < 1.29 is 14.3 Å². The fourth-order valence-electron chi connectivity index (χ4n) is 4.67. The zero-order valence-corrected chi connectivity index (χ0v) is 18.4. The van der Waals surface area contributed by atoms with Gasteiger partial charge >= 0.3 is 0 Å². The van der Waals surface area contributed by atoms with Crippen LogP contribution in [-0.4, -0.2) is 40.9 Å². The molecule has 6 heteroatoms. The molecule has 0 saturated carbocycles. The van der Waals surface area contributed by atoms with Crippen LogP contribution in [0.15, 0.2) is 73.1 Å². The summed E-state index contributed by atoms with van der Waals surface area (Å²) >= 11 is 0. The molecule has 2 heterocycles. The fraction of sp³-hybridized carbons (Fsp3) is 0.296. The Kier molecular flexibility index (Phi) is 6.07. The molecule has 0 radical (unpaired) electrons. The highest BCUT2D eigenvalue weighted by Gasteiger charge is 2.26. The number of benzene rings is 2. The molecule has 6 nitrogen and oxygen atoms in total. The number of aryl methyl sites for hydroxylation is 1. The third-order valence-corrected chi connectivity index (χ3v) is 6.50. The molecule has 0 bridgehead atoms. The Morgan fingerprint density at radius 1 is 0.909 bits per heavy atom. The van der Waals surface area contributed by atoms with Crippen molar-refractivity contribution in [3.8, 4) is 5.75 Å². The Hall–Kier alpha value is -3.67. The summed E-state index contributed by atoms with van der Waals surface area (Å²) in [5, 5.41) is 3.16. The lowest BCUT2D eigenvalue weighted by atomic mass is 10.1. The Morgan fingerprint density at radius 3 is 2.45 bits per heavy atom. The Balaban J connectivity index is 1.13. The van der Waals surface area contributed by atoms with Gasteiger partial charge in [0, 0.05) is 43.9 Å². The lowest BCUT2D eigenvalue weighted by molar-refractivity contribution is 0.0595. The van der Waals surface area contributed by atoms with Gasteiger partial charge in [0.1, 0.15) is 11.9 Å². The standard InChI is InChI=1S/C27H27N3O3/c31-26(29-25-12-9-19-4-1-2-6-24(19)25)20-7-10-22(11-8-20)33-23-13-16-30(17-14-23)27(32)21-5-3-15-28-18-21/h1-8,10-11,15,18,23,25H,9,12-14,16-17H2,(H,29,31)/t25-/m1/s1. The lowest BCUT2D eigenvalue weighted by Gasteiger charge is -2.32. The maximum Gasteiger partial charge on any atom is 0.255 e. The van der Waals surface area contributed by atoms with Crippen molar-refractivity contribution in [2.24, 2.45) is 0 Å². The zero-order chi connectivity index (χ0) is 22.6. The van der Waals surface area contributed by atoms with Gasteiger partial charge in [-0.15, -0.1) is 0 Å². The SMILES string of the molecule is O=C(N[C@@H]1CCc2ccccc21)c1ccc(OC2CCN(C(=O)c3cccnc3)CC2)cc1. The van der Waals surface area contributed by atoms with E-state index >= 15 is 0 Å². The van der Waals surface area contributed by atoms with Crippen LogP contribution in [0.4, 0.5) is 0 Å². The first-order valence-corrected chi connectivity index (χ1v) is 11.5. The molecule has 1 saturated heterocycles. The minimum absolute atomic E-state index is 0.0156. The van der Waals surface area contributed by atoms with Crippen molar-refractivity contribution in [1.29, 1.82) is 0 Å². The number of fused-ring (bicyclic) bond motifs is 1. The summed E-state index contributed by atoms with van der Waals surface area (Å²) in [5.41, 5.74) is 3.79. The number of rotatable bonds is 5.